The molecule has 0 aliphatic heterocycles. The molecule has 0 heterocycles. The standard InChI is InChI=1S/C18H26F3NO5S/c1-13-7-9-15(10-8-13)28(24,25)26-11-5-6-14(12-18(19,20)21)22-16(23)27-17(2,3)4/h7-10,14H,5-6,11-12H2,1-4H3,(H,22,23)/t14-/m1/s1. The number of carbonyl (C=O) groups is 1. The van der Waals surface area contributed by atoms with E-state index in [2.05, 4.69) is 5.32 Å². The minimum absolute atomic E-state index is 0.00162. The molecule has 28 heavy (non-hydrogen) atoms. The molecular weight excluding hydrogens is 399 g/mol. The SMILES string of the molecule is Cc1ccc(S(=O)(=O)OCCC[C@H](CC(F)(F)F)NC(=O)OC(C)(C)C)cc1. The highest BCUT2D eigenvalue weighted by molar-refractivity contribution is 7.86. The van der Waals surface area contributed by atoms with Crippen LogP contribution in [0.2, 0.25) is 0 Å². The molecule has 0 aliphatic rings. The summed E-state index contributed by atoms with van der Waals surface area (Å²) in [4.78, 5) is 11.7. The molecule has 1 amide bonds. The molecule has 0 fully saturated rings. The smallest absolute Gasteiger partial charge is 0.407 e. The molecule has 0 radical (unpaired) electrons. The second-order valence-electron chi connectivity index (χ2n) is 7.39. The number of ether oxygens (including phenoxy) is 1. The van der Waals surface area contributed by atoms with Gasteiger partial charge in [0.05, 0.1) is 17.9 Å². The third kappa shape index (κ3) is 9.93. The van der Waals surface area contributed by atoms with Gasteiger partial charge in [-0.05, 0) is 52.7 Å². The van der Waals surface area contributed by atoms with Crippen molar-refractivity contribution < 1.29 is 35.3 Å². The summed E-state index contributed by atoms with van der Waals surface area (Å²) in [7, 11) is -3.99. The number of hydrogen-bond donors (Lipinski definition) is 1. The summed E-state index contributed by atoms with van der Waals surface area (Å²) in [6, 6.07) is 4.75. The first kappa shape index (κ1) is 24.2. The molecule has 1 aromatic carbocycles. The molecule has 6 nitrogen and oxygen atoms in total. The Balaban J connectivity index is 2.60. The molecule has 0 aromatic heterocycles. The minimum Gasteiger partial charge on any atom is -0.444 e. The van der Waals surface area contributed by atoms with Gasteiger partial charge in [-0.3, -0.25) is 4.18 Å². The first-order valence-electron chi connectivity index (χ1n) is 8.70. The maximum absolute atomic E-state index is 12.7. The van der Waals surface area contributed by atoms with Gasteiger partial charge in [-0.1, -0.05) is 17.7 Å². The lowest BCUT2D eigenvalue weighted by atomic mass is 10.1. The van der Waals surface area contributed by atoms with Crippen LogP contribution >= 0.6 is 0 Å². The third-order valence-corrected chi connectivity index (χ3v) is 4.77. The number of carbonyl (C=O) groups excluding carboxylic acids is 1. The number of benzene rings is 1. The lowest BCUT2D eigenvalue weighted by molar-refractivity contribution is -0.140. The molecule has 0 unspecified atom stereocenters. The number of nitrogens with one attached hydrogen (secondary N) is 1. The zero-order valence-electron chi connectivity index (χ0n) is 16.3. The lowest BCUT2D eigenvalue weighted by Gasteiger charge is -2.24. The summed E-state index contributed by atoms with van der Waals surface area (Å²) in [5.41, 5.74) is 0.0279. The van der Waals surface area contributed by atoms with Crippen LogP contribution in [0.5, 0.6) is 0 Å². The summed E-state index contributed by atoms with van der Waals surface area (Å²) in [6.07, 6.45) is -6.83. The quantitative estimate of drug-likeness (QED) is 0.495. The maximum Gasteiger partial charge on any atom is 0.407 e. The van der Waals surface area contributed by atoms with Crippen LogP contribution < -0.4 is 5.32 Å². The molecular formula is C18H26F3NO5S. The monoisotopic (exact) mass is 425 g/mol. The van der Waals surface area contributed by atoms with E-state index < -0.39 is 40.5 Å². The molecule has 0 bridgehead atoms. The summed E-state index contributed by atoms with van der Waals surface area (Å²) in [5.74, 6) is 0. The molecule has 160 valence electrons. The summed E-state index contributed by atoms with van der Waals surface area (Å²) in [6.45, 7) is 6.27. The van der Waals surface area contributed by atoms with Gasteiger partial charge in [0.1, 0.15) is 5.60 Å². The van der Waals surface area contributed by atoms with Crippen LogP contribution in [-0.4, -0.2) is 38.9 Å². The number of amides is 1. The molecule has 1 aromatic rings. The van der Waals surface area contributed by atoms with Crippen LogP contribution in [0.3, 0.4) is 0 Å². The van der Waals surface area contributed by atoms with Crippen molar-refractivity contribution in [2.75, 3.05) is 6.61 Å². The highest BCUT2D eigenvalue weighted by atomic mass is 32.2. The average molecular weight is 425 g/mol. The van der Waals surface area contributed by atoms with E-state index in [0.717, 1.165) is 5.56 Å². The van der Waals surface area contributed by atoms with Crippen LogP contribution in [0.15, 0.2) is 29.2 Å². The Morgan fingerprint density at radius 2 is 1.71 bits per heavy atom. The number of hydrogen-bond acceptors (Lipinski definition) is 5. The van der Waals surface area contributed by atoms with Crippen LogP contribution in [0, 0.1) is 6.92 Å². The van der Waals surface area contributed by atoms with Gasteiger partial charge in [0, 0.05) is 6.04 Å². The molecule has 10 heteroatoms. The Kier molecular flexibility index (Phi) is 8.30. The van der Waals surface area contributed by atoms with Crippen LogP contribution in [0.4, 0.5) is 18.0 Å². The maximum atomic E-state index is 12.7. The van der Waals surface area contributed by atoms with Gasteiger partial charge in [-0.2, -0.15) is 21.6 Å². The van der Waals surface area contributed by atoms with Crippen LogP contribution in [0.25, 0.3) is 0 Å². The molecule has 1 atom stereocenters. The van der Waals surface area contributed by atoms with Crippen molar-refractivity contribution in [3.8, 4) is 0 Å². The summed E-state index contributed by atoms with van der Waals surface area (Å²) < 4.78 is 72.1. The third-order valence-electron chi connectivity index (χ3n) is 3.44. The second kappa shape index (κ2) is 9.60. The van der Waals surface area contributed by atoms with Crippen molar-refractivity contribution in [2.45, 2.75) is 69.7 Å². The van der Waals surface area contributed by atoms with E-state index in [4.69, 9.17) is 8.92 Å². The van der Waals surface area contributed by atoms with E-state index in [1.165, 1.54) is 12.1 Å². The summed E-state index contributed by atoms with van der Waals surface area (Å²) in [5, 5.41) is 2.18. The van der Waals surface area contributed by atoms with Gasteiger partial charge in [0.2, 0.25) is 0 Å². The topological polar surface area (TPSA) is 81.7 Å². The highest BCUT2D eigenvalue weighted by Crippen LogP contribution is 2.24. The van der Waals surface area contributed by atoms with Gasteiger partial charge >= 0.3 is 12.3 Å². The fourth-order valence-electron chi connectivity index (χ4n) is 2.25. The van der Waals surface area contributed by atoms with Crippen molar-refractivity contribution >= 4 is 16.2 Å². The van der Waals surface area contributed by atoms with Gasteiger partial charge in [-0.25, -0.2) is 4.79 Å². The van der Waals surface area contributed by atoms with Crippen molar-refractivity contribution in [3.05, 3.63) is 29.8 Å². The fraction of sp³-hybridized carbons (Fsp3) is 0.611. The Morgan fingerprint density at radius 3 is 2.21 bits per heavy atom. The zero-order chi connectivity index (χ0) is 21.6. The first-order valence-corrected chi connectivity index (χ1v) is 10.1. The zero-order valence-corrected chi connectivity index (χ0v) is 17.1. The number of aryl methyl sites for hydroxylation is 1. The molecule has 0 aliphatic carbocycles. The molecule has 0 saturated heterocycles. The molecule has 1 rings (SSSR count). The number of alkyl carbamates (subject to hydrolysis) is 1. The normalized spacial score (nSPS) is 13.8. The molecule has 1 N–H and O–H groups in total. The fourth-order valence-corrected chi connectivity index (χ4v) is 3.19. The summed E-state index contributed by atoms with van der Waals surface area (Å²) >= 11 is 0. The predicted octanol–water partition coefficient (Wildman–Crippen LogP) is 4.33. The Bertz CT molecular complexity index is 740. The minimum atomic E-state index is -4.49. The Hall–Kier alpha value is -1.81. The number of rotatable bonds is 8. The van der Waals surface area contributed by atoms with E-state index in [0.29, 0.717) is 0 Å². The average Bonchev–Trinajstić information content (AvgIpc) is 2.48. The first-order chi connectivity index (χ1) is 12.7. The van der Waals surface area contributed by atoms with Crippen LogP contribution in [-0.2, 0) is 19.0 Å². The Morgan fingerprint density at radius 1 is 1.14 bits per heavy atom. The highest BCUT2D eigenvalue weighted by Gasteiger charge is 2.33. The van der Waals surface area contributed by atoms with E-state index in [1.54, 1.807) is 39.8 Å². The van der Waals surface area contributed by atoms with Gasteiger partial charge < -0.3 is 10.1 Å². The lowest BCUT2D eigenvalue weighted by Crippen LogP contribution is -2.41. The van der Waals surface area contributed by atoms with Gasteiger partial charge in [0.15, 0.2) is 0 Å². The largest absolute Gasteiger partial charge is 0.444 e. The van der Waals surface area contributed by atoms with Gasteiger partial charge in [0.25, 0.3) is 10.1 Å². The van der Waals surface area contributed by atoms with Gasteiger partial charge in [-0.15, -0.1) is 0 Å². The molecule has 0 spiro atoms. The van der Waals surface area contributed by atoms with E-state index in [-0.39, 0.29) is 24.3 Å². The van der Waals surface area contributed by atoms with E-state index in [9.17, 15) is 26.4 Å². The van der Waals surface area contributed by atoms with Crippen molar-refractivity contribution in [1.29, 1.82) is 0 Å². The predicted molar refractivity (Wildman–Crippen MR) is 97.4 cm³/mol. The Labute approximate surface area is 163 Å². The van der Waals surface area contributed by atoms with E-state index >= 15 is 0 Å². The molecule has 0 saturated carbocycles. The number of alkyl halides is 3. The second-order valence-corrected chi connectivity index (χ2v) is 9.01. The van der Waals surface area contributed by atoms with E-state index in [1.807, 2.05) is 0 Å². The van der Waals surface area contributed by atoms with Crippen molar-refractivity contribution in [2.24, 2.45) is 0 Å². The van der Waals surface area contributed by atoms with Crippen molar-refractivity contribution in [3.63, 3.8) is 0 Å². The number of halogens is 3. The van der Waals surface area contributed by atoms with Crippen molar-refractivity contribution in [1.82, 2.24) is 5.32 Å². The van der Waals surface area contributed by atoms with Crippen LogP contribution in [0.1, 0.15) is 45.6 Å².